The molecule has 1 unspecified atom stereocenters. The van der Waals surface area contributed by atoms with Gasteiger partial charge in [0.2, 0.25) is 0 Å². The summed E-state index contributed by atoms with van der Waals surface area (Å²) in [5.41, 5.74) is 2.01. The molecule has 2 fully saturated rings. The summed E-state index contributed by atoms with van der Waals surface area (Å²) < 4.78 is 0. The molecular formula is C19H23N5O. The van der Waals surface area contributed by atoms with Crippen molar-refractivity contribution in [1.29, 1.82) is 0 Å². The maximum absolute atomic E-state index is 12.7. The summed E-state index contributed by atoms with van der Waals surface area (Å²) in [7, 11) is 0. The van der Waals surface area contributed by atoms with E-state index in [4.69, 9.17) is 0 Å². The summed E-state index contributed by atoms with van der Waals surface area (Å²) in [6.45, 7) is 3.51. The van der Waals surface area contributed by atoms with Gasteiger partial charge < -0.3 is 15.1 Å². The molecule has 6 heteroatoms. The number of carbonyl (C=O) groups excluding carboxylic acids is 1. The molecule has 2 saturated heterocycles. The van der Waals surface area contributed by atoms with Crippen LogP contribution in [-0.4, -0.2) is 47.1 Å². The van der Waals surface area contributed by atoms with Crippen molar-refractivity contribution < 1.29 is 4.79 Å². The largest absolute Gasteiger partial charge is 0.355 e. The number of anilines is 2. The second kappa shape index (κ2) is 7.09. The summed E-state index contributed by atoms with van der Waals surface area (Å²) in [4.78, 5) is 25.5. The zero-order valence-corrected chi connectivity index (χ0v) is 14.3. The Morgan fingerprint density at radius 3 is 2.76 bits per heavy atom. The van der Waals surface area contributed by atoms with Crippen LogP contribution >= 0.6 is 0 Å². The number of amides is 2. The van der Waals surface area contributed by atoms with Gasteiger partial charge in [-0.3, -0.25) is 4.98 Å². The molecule has 2 aliphatic heterocycles. The first kappa shape index (κ1) is 15.9. The molecule has 0 aromatic carbocycles. The fourth-order valence-corrected chi connectivity index (χ4v) is 3.70. The molecule has 0 spiro atoms. The van der Waals surface area contributed by atoms with Crippen LogP contribution in [0.2, 0.25) is 0 Å². The molecule has 4 heterocycles. The molecule has 2 aliphatic rings. The van der Waals surface area contributed by atoms with Crippen molar-refractivity contribution in [2.24, 2.45) is 0 Å². The lowest BCUT2D eigenvalue weighted by atomic mass is 10.0. The first-order valence-corrected chi connectivity index (χ1v) is 8.97. The van der Waals surface area contributed by atoms with E-state index in [1.807, 2.05) is 29.3 Å². The highest BCUT2D eigenvalue weighted by Gasteiger charge is 2.28. The first-order chi connectivity index (χ1) is 12.3. The van der Waals surface area contributed by atoms with E-state index in [2.05, 4.69) is 26.3 Å². The second-order valence-corrected chi connectivity index (χ2v) is 6.72. The third kappa shape index (κ3) is 3.43. The minimum Gasteiger partial charge on any atom is -0.355 e. The summed E-state index contributed by atoms with van der Waals surface area (Å²) >= 11 is 0. The molecular weight excluding hydrogens is 314 g/mol. The van der Waals surface area contributed by atoms with Gasteiger partial charge in [0.1, 0.15) is 0 Å². The van der Waals surface area contributed by atoms with Gasteiger partial charge >= 0.3 is 6.03 Å². The molecule has 0 saturated carbocycles. The van der Waals surface area contributed by atoms with E-state index in [1.165, 1.54) is 18.4 Å². The number of hydrogen-bond acceptors (Lipinski definition) is 4. The van der Waals surface area contributed by atoms with Crippen molar-refractivity contribution in [2.75, 3.05) is 36.4 Å². The van der Waals surface area contributed by atoms with Crippen LogP contribution in [0.3, 0.4) is 0 Å². The van der Waals surface area contributed by atoms with Crippen LogP contribution in [0.25, 0.3) is 0 Å². The Hall–Kier alpha value is -2.63. The molecule has 25 heavy (non-hydrogen) atoms. The van der Waals surface area contributed by atoms with Crippen molar-refractivity contribution in [3.8, 4) is 0 Å². The predicted molar refractivity (Wildman–Crippen MR) is 97.9 cm³/mol. The second-order valence-electron chi connectivity index (χ2n) is 6.72. The highest BCUT2D eigenvalue weighted by atomic mass is 16.2. The Bertz CT molecular complexity index is 730. The van der Waals surface area contributed by atoms with Gasteiger partial charge in [-0.25, -0.2) is 9.78 Å². The topological polar surface area (TPSA) is 61.4 Å². The van der Waals surface area contributed by atoms with Crippen LogP contribution in [0, 0.1) is 0 Å². The average molecular weight is 337 g/mol. The van der Waals surface area contributed by atoms with Crippen LogP contribution < -0.4 is 10.2 Å². The Balaban J connectivity index is 1.43. The van der Waals surface area contributed by atoms with Crippen LogP contribution in [0.15, 0.2) is 42.9 Å². The van der Waals surface area contributed by atoms with Crippen LogP contribution in [0.1, 0.15) is 30.7 Å². The lowest BCUT2D eigenvalue weighted by molar-refractivity contribution is 0.222. The highest BCUT2D eigenvalue weighted by molar-refractivity contribution is 5.92. The Morgan fingerprint density at radius 1 is 1.12 bits per heavy atom. The Labute approximate surface area is 147 Å². The minimum atomic E-state index is -0.0418. The van der Waals surface area contributed by atoms with Crippen molar-refractivity contribution in [1.82, 2.24) is 14.9 Å². The maximum Gasteiger partial charge on any atom is 0.321 e. The number of carbonyl (C=O) groups is 1. The average Bonchev–Trinajstić information content (AvgIpc) is 3.35. The monoisotopic (exact) mass is 337 g/mol. The van der Waals surface area contributed by atoms with E-state index in [-0.39, 0.29) is 6.03 Å². The third-order valence-corrected chi connectivity index (χ3v) is 5.07. The number of nitrogens with zero attached hydrogens (tertiary/aromatic N) is 4. The van der Waals surface area contributed by atoms with Gasteiger partial charge in [0.25, 0.3) is 0 Å². The molecule has 0 aliphatic carbocycles. The molecule has 2 amide bonds. The van der Waals surface area contributed by atoms with Crippen LogP contribution in [-0.2, 0) is 0 Å². The number of aromatic nitrogens is 2. The number of nitrogens with one attached hydrogen (secondary N) is 1. The molecule has 2 aromatic heterocycles. The Morgan fingerprint density at radius 2 is 1.96 bits per heavy atom. The van der Waals surface area contributed by atoms with Crippen molar-refractivity contribution in [3.63, 3.8) is 0 Å². The maximum atomic E-state index is 12.7. The van der Waals surface area contributed by atoms with Gasteiger partial charge in [-0.05, 0) is 43.0 Å². The number of hydrogen-bond donors (Lipinski definition) is 1. The molecule has 1 N–H and O–H groups in total. The van der Waals surface area contributed by atoms with Crippen molar-refractivity contribution >= 4 is 17.5 Å². The lowest BCUT2D eigenvalue weighted by Crippen LogP contribution is -2.33. The molecule has 6 nitrogen and oxygen atoms in total. The lowest BCUT2D eigenvalue weighted by Gasteiger charge is -2.22. The summed E-state index contributed by atoms with van der Waals surface area (Å²) in [5.74, 6) is 1.25. The van der Waals surface area contributed by atoms with E-state index < -0.39 is 0 Å². The van der Waals surface area contributed by atoms with Crippen molar-refractivity contribution in [2.45, 2.75) is 25.2 Å². The molecule has 0 radical (unpaired) electrons. The minimum absolute atomic E-state index is 0.0418. The van der Waals surface area contributed by atoms with Gasteiger partial charge in [0, 0.05) is 50.7 Å². The number of rotatable bonds is 3. The van der Waals surface area contributed by atoms with E-state index >= 15 is 0 Å². The fourth-order valence-electron chi connectivity index (χ4n) is 3.70. The SMILES string of the molecule is O=C(Nc1cccnc1N1CCCC1)N1CCC(c2cccnc2)C1. The van der Waals surface area contributed by atoms with Crippen molar-refractivity contribution in [3.05, 3.63) is 48.4 Å². The zero-order valence-electron chi connectivity index (χ0n) is 14.3. The molecule has 2 aromatic rings. The molecule has 0 bridgehead atoms. The van der Waals surface area contributed by atoms with E-state index in [1.54, 1.807) is 12.4 Å². The van der Waals surface area contributed by atoms with Gasteiger partial charge in [0.05, 0.1) is 5.69 Å². The third-order valence-electron chi connectivity index (χ3n) is 5.07. The summed E-state index contributed by atoms with van der Waals surface area (Å²) in [6, 6.07) is 7.81. The van der Waals surface area contributed by atoms with Crippen LogP contribution in [0.5, 0.6) is 0 Å². The van der Waals surface area contributed by atoms with E-state index in [0.717, 1.165) is 44.1 Å². The molecule has 1 atom stereocenters. The standard InChI is InChI=1S/C19H23N5O/c25-19(24-12-7-16(14-24)15-5-3-8-20-13-15)22-17-6-4-9-21-18(17)23-10-1-2-11-23/h3-6,8-9,13,16H,1-2,7,10-12,14H2,(H,22,25). The van der Waals surface area contributed by atoms with Gasteiger partial charge in [-0.15, -0.1) is 0 Å². The number of pyridine rings is 2. The van der Waals surface area contributed by atoms with E-state index in [0.29, 0.717) is 5.92 Å². The zero-order chi connectivity index (χ0) is 17.1. The Kier molecular flexibility index (Phi) is 4.50. The smallest absolute Gasteiger partial charge is 0.321 e. The van der Waals surface area contributed by atoms with Gasteiger partial charge in [-0.2, -0.15) is 0 Å². The first-order valence-electron chi connectivity index (χ1n) is 8.97. The quantitative estimate of drug-likeness (QED) is 0.935. The summed E-state index contributed by atoms with van der Waals surface area (Å²) in [5, 5.41) is 3.07. The van der Waals surface area contributed by atoms with Gasteiger partial charge in [-0.1, -0.05) is 6.07 Å². The molecule has 4 rings (SSSR count). The fraction of sp³-hybridized carbons (Fsp3) is 0.421. The normalized spacial score (nSPS) is 20.1. The summed E-state index contributed by atoms with van der Waals surface area (Å²) in [6.07, 6.45) is 8.82. The molecule has 130 valence electrons. The van der Waals surface area contributed by atoms with Gasteiger partial charge in [0.15, 0.2) is 5.82 Å². The highest BCUT2D eigenvalue weighted by Crippen LogP contribution is 2.29. The predicted octanol–water partition coefficient (Wildman–Crippen LogP) is 3.10. The van der Waals surface area contributed by atoms with E-state index in [9.17, 15) is 4.79 Å². The number of urea groups is 1. The number of likely N-dealkylation sites (tertiary alicyclic amines) is 1. The van der Waals surface area contributed by atoms with Crippen LogP contribution in [0.4, 0.5) is 16.3 Å².